The van der Waals surface area contributed by atoms with Crippen LogP contribution in [0.25, 0.3) is 0 Å². The summed E-state index contributed by atoms with van der Waals surface area (Å²) in [6.07, 6.45) is 0. The van der Waals surface area contributed by atoms with Crippen molar-refractivity contribution in [3.63, 3.8) is 0 Å². The van der Waals surface area contributed by atoms with Crippen molar-refractivity contribution in [2.45, 2.75) is 38.5 Å². The molecule has 0 radical (unpaired) electrons. The number of benzene rings is 2. The van der Waals surface area contributed by atoms with E-state index in [0.29, 0.717) is 11.4 Å². The van der Waals surface area contributed by atoms with E-state index in [1.54, 1.807) is 31.4 Å². The number of anilines is 1. The number of sulfonamides is 1. The first-order valence-corrected chi connectivity index (χ1v) is 9.01. The van der Waals surface area contributed by atoms with Gasteiger partial charge in [0.1, 0.15) is 5.75 Å². The van der Waals surface area contributed by atoms with Gasteiger partial charge in [0, 0.05) is 5.69 Å². The van der Waals surface area contributed by atoms with Gasteiger partial charge in [0.15, 0.2) is 0 Å². The van der Waals surface area contributed by atoms with Crippen molar-refractivity contribution in [3.8, 4) is 5.75 Å². The molecule has 0 saturated heterocycles. The van der Waals surface area contributed by atoms with E-state index in [4.69, 9.17) is 4.74 Å². The summed E-state index contributed by atoms with van der Waals surface area (Å²) in [6.45, 7) is 7.96. The molecule has 4 nitrogen and oxygen atoms in total. The van der Waals surface area contributed by atoms with E-state index in [2.05, 4.69) is 4.72 Å². The highest BCUT2D eigenvalue weighted by Gasteiger charge is 2.18. The van der Waals surface area contributed by atoms with Gasteiger partial charge in [-0.1, -0.05) is 19.9 Å². The first kappa shape index (κ1) is 17.3. The maximum Gasteiger partial charge on any atom is 0.261 e. The Kier molecular flexibility index (Phi) is 5.00. The molecule has 2 rings (SSSR count). The summed E-state index contributed by atoms with van der Waals surface area (Å²) in [7, 11) is -2.04. The topological polar surface area (TPSA) is 55.4 Å². The minimum absolute atomic E-state index is 0.168. The fraction of sp³-hybridized carbons (Fsp3) is 0.333. The third-order valence-corrected chi connectivity index (χ3v) is 5.27. The Morgan fingerprint density at radius 3 is 2.26 bits per heavy atom. The van der Waals surface area contributed by atoms with E-state index in [9.17, 15) is 8.42 Å². The number of hydrogen-bond donors (Lipinski definition) is 1. The maximum atomic E-state index is 12.6. The molecule has 0 atom stereocenters. The molecule has 124 valence electrons. The fourth-order valence-electron chi connectivity index (χ4n) is 2.35. The van der Waals surface area contributed by atoms with Gasteiger partial charge in [0.25, 0.3) is 10.0 Å². The molecule has 1 N–H and O–H groups in total. The third-order valence-electron chi connectivity index (χ3n) is 3.89. The van der Waals surface area contributed by atoms with E-state index >= 15 is 0 Å². The van der Waals surface area contributed by atoms with Crippen molar-refractivity contribution in [1.82, 2.24) is 0 Å². The molecular formula is C18H23NO3S. The predicted molar refractivity (Wildman–Crippen MR) is 93.8 cm³/mol. The van der Waals surface area contributed by atoms with Crippen LogP contribution in [0.15, 0.2) is 41.3 Å². The number of aryl methyl sites for hydroxylation is 2. The molecule has 23 heavy (non-hydrogen) atoms. The van der Waals surface area contributed by atoms with Gasteiger partial charge in [-0.2, -0.15) is 0 Å². The second-order valence-electron chi connectivity index (χ2n) is 5.96. The van der Waals surface area contributed by atoms with E-state index < -0.39 is 10.0 Å². The van der Waals surface area contributed by atoms with Crippen LogP contribution in [-0.4, -0.2) is 15.5 Å². The van der Waals surface area contributed by atoms with Crippen molar-refractivity contribution >= 4 is 15.7 Å². The Bertz CT molecular complexity index is 811. The number of nitrogens with one attached hydrogen (secondary N) is 1. The minimum atomic E-state index is -3.63. The van der Waals surface area contributed by atoms with E-state index in [0.717, 1.165) is 16.7 Å². The Labute approximate surface area is 138 Å². The molecule has 5 heteroatoms. The summed E-state index contributed by atoms with van der Waals surface area (Å²) in [6, 6.07) is 10.4. The Hall–Kier alpha value is -2.01. The number of rotatable bonds is 5. The minimum Gasteiger partial charge on any atom is -0.496 e. The molecular weight excluding hydrogens is 310 g/mol. The lowest BCUT2D eigenvalue weighted by Crippen LogP contribution is -2.13. The lowest BCUT2D eigenvalue weighted by Gasteiger charge is -2.15. The smallest absolute Gasteiger partial charge is 0.261 e. The average Bonchev–Trinajstić information content (AvgIpc) is 2.50. The molecule has 0 aromatic heterocycles. The second kappa shape index (κ2) is 6.62. The van der Waals surface area contributed by atoms with Crippen LogP contribution in [0.5, 0.6) is 5.75 Å². The van der Waals surface area contributed by atoms with Crippen molar-refractivity contribution in [1.29, 1.82) is 0 Å². The highest BCUT2D eigenvalue weighted by Crippen LogP contribution is 2.29. The molecule has 0 fully saturated rings. The average molecular weight is 333 g/mol. The summed E-state index contributed by atoms with van der Waals surface area (Å²) in [5.74, 6) is 0.867. The summed E-state index contributed by atoms with van der Waals surface area (Å²) in [4.78, 5) is 0.236. The Morgan fingerprint density at radius 1 is 1.00 bits per heavy atom. The van der Waals surface area contributed by atoms with E-state index in [1.807, 2.05) is 39.8 Å². The summed E-state index contributed by atoms with van der Waals surface area (Å²) in [5, 5.41) is 0. The molecule has 0 aliphatic carbocycles. The molecule has 0 amide bonds. The molecule has 0 unspecified atom stereocenters. The van der Waals surface area contributed by atoms with E-state index in [1.165, 1.54) is 0 Å². The lowest BCUT2D eigenvalue weighted by atomic mass is 10.0. The van der Waals surface area contributed by atoms with Gasteiger partial charge in [-0.05, 0) is 66.8 Å². The van der Waals surface area contributed by atoms with Crippen LogP contribution in [0.2, 0.25) is 0 Å². The van der Waals surface area contributed by atoms with Gasteiger partial charge in [-0.15, -0.1) is 0 Å². The molecule has 2 aromatic rings. The van der Waals surface area contributed by atoms with Crippen LogP contribution in [0.4, 0.5) is 5.69 Å². The highest BCUT2D eigenvalue weighted by atomic mass is 32.2. The first-order valence-electron chi connectivity index (χ1n) is 7.52. The summed E-state index contributed by atoms with van der Waals surface area (Å²) >= 11 is 0. The molecule has 0 bridgehead atoms. The molecule has 0 aliphatic rings. The van der Waals surface area contributed by atoms with Crippen LogP contribution in [0.3, 0.4) is 0 Å². The largest absolute Gasteiger partial charge is 0.496 e. The SMILES string of the molecule is COc1ccc(S(=O)(=O)Nc2ccc(C)c(C)c2)cc1C(C)C. The van der Waals surface area contributed by atoms with Gasteiger partial charge in [0.2, 0.25) is 0 Å². The molecule has 0 saturated carbocycles. The van der Waals surface area contributed by atoms with Crippen molar-refractivity contribution in [3.05, 3.63) is 53.1 Å². The van der Waals surface area contributed by atoms with Crippen LogP contribution >= 0.6 is 0 Å². The third kappa shape index (κ3) is 3.85. The summed E-state index contributed by atoms with van der Waals surface area (Å²) in [5.41, 5.74) is 3.60. The number of hydrogen-bond acceptors (Lipinski definition) is 3. The quantitative estimate of drug-likeness (QED) is 0.890. The fourth-order valence-corrected chi connectivity index (χ4v) is 3.43. The first-order chi connectivity index (χ1) is 10.7. The van der Waals surface area contributed by atoms with Crippen LogP contribution < -0.4 is 9.46 Å². The monoisotopic (exact) mass is 333 g/mol. The van der Waals surface area contributed by atoms with Gasteiger partial charge < -0.3 is 4.74 Å². The van der Waals surface area contributed by atoms with Gasteiger partial charge in [-0.25, -0.2) is 8.42 Å². The molecule has 2 aromatic carbocycles. The van der Waals surface area contributed by atoms with Crippen molar-refractivity contribution < 1.29 is 13.2 Å². The number of ether oxygens (including phenoxy) is 1. The Morgan fingerprint density at radius 2 is 1.70 bits per heavy atom. The van der Waals surface area contributed by atoms with Gasteiger partial charge in [-0.3, -0.25) is 4.72 Å². The lowest BCUT2D eigenvalue weighted by molar-refractivity contribution is 0.407. The highest BCUT2D eigenvalue weighted by molar-refractivity contribution is 7.92. The second-order valence-corrected chi connectivity index (χ2v) is 7.65. The van der Waals surface area contributed by atoms with Crippen LogP contribution in [0, 0.1) is 13.8 Å². The molecule has 0 aliphatic heterocycles. The summed E-state index contributed by atoms with van der Waals surface area (Å²) < 4.78 is 33.2. The molecule has 0 spiro atoms. The van der Waals surface area contributed by atoms with Crippen molar-refractivity contribution in [2.75, 3.05) is 11.8 Å². The Balaban J connectivity index is 2.39. The number of methoxy groups -OCH3 is 1. The van der Waals surface area contributed by atoms with Crippen LogP contribution in [0.1, 0.15) is 36.5 Å². The van der Waals surface area contributed by atoms with Gasteiger partial charge >= 0.3 is 0 Å². The standard InChI is InChI=1S/C18H23NO3S/c1-12(2)17-11-16(8-9-18(17)22-5)23(20,21)19-15-7-6-13(3)14(4)10-15/h6-12,19H,1-5H3. The van der Waals surface area contributed by atoms with Crippen LogP contribution in [-0.2, 0) is 10.0 Å². The predicted octanol–water partition coefficient (Wildman–Crippen LogP) is 4.24. The van der Waals surface area contributed by atoms with Crippen molar-refractivity contribution in [2.24, 2.45) is 0 Å². The molecule has 0 heterocycles. The van der Waals surface area contributed by atoms with E-state index in [-0.39, 0.29) is 10.8 Å². The zero-order chi connectivity index (χ0) is 17.2. The maximum absolute atomic E-state index is 12.6. The normalized spacial score (nSPS) is 11.6. The zero-order valence-electron chi connectivity index (χ0n) is 14.2. The van der Waals surface area contributed by atoms with Gasteiger partial charge in [0.05, 0.1) is 12.0 Å². The zero-order valence-corrected chi connectivity index (χ0v) is 15.0.